The third-order valence-electron chi connectivity index (χ3n) is 0.764. The topological polar surface area (TPSA) is 40.5 Å². The van der Waals surface area contributed by atoms with E-state index in [0.717, 1.165) is 12.8 Å². The molecule has 0 aliphatic carbocycles. The summed E-state index contributed by atoms with van der Waals surface area (Å²) in [7, 11) is 0. The van der Waals surface area contributed by atoms with Gasteiger partial charge in [-0.1, -0.05) is 19.4 Å². The van der Waals surface area contributed by atoms with Crippen molar-refractivity contribution in [1.29, 1.82) is 0 Å². The zero-order valence-corrected chi connectivity index (χ0v) is 5.04. The van der Waals surface area contributed by atoms with E-state index in [1.165, 1.54) is 6.08 Å². The fourth-order valence-electron chi connectivity index (χ4n) is 0.385. The van der Waals surface area contributed by atoms with Crippen LogP contribution in [-0.2, 0) is 0 Å². The van der Waals surface area contributed by atoms with Crippen molar-refractivity contribution in [3.8, 4) is 0 Å². The first-order valence-electron chi connectivity index (χ1n) is 2.80. The molecule has 0 aromatic heterocycles. The maximum Gasteiger partial charge on any atom is 0.171 e. The number of aliphatic hydroxyl groups is 2. The summed E-state index contributed by atoms with van der Waals surface area (Å²) < 4.78 is 0. The van der Waals surface area contributed by atoms with Crippen molar-refractivity contribution in [3.63, 3.8) is 0 Å². The molecule has 0 aromatic rings. The van der Waals surface area contributed by atoms with Crippen molar-refractivity contribution in [2.24, 2.45) is 0 Å². The predicted molar refractivity (Wildman–Crippen MR) is 32.3 cm³/mol. The number of hydrogen-bond donors (Lipinski definition) is 2. The first-order chi connectivity index (χ1) is 3.77. The molecule has 0 unspecified atom stereocenters. The van der Waals surface area contributed by atoms with E-state index < -0.39 is 6.29 Å². The standard InChI is InChI=1S/C6H12O2/c1-2-3-4-5-6(7)8/h4-8H,2-3H2,1H3/b5-4+. The number of rotatable bonds is 3. The molecule has 0 spiro atoms. The Morgan fingerprint density at radius 2 is 2.12 bits per heavy atom. The van der Waals surface area contributed by atoms with Gasteiger partial charge in [-0.25, -0.2) is 0 Å². The van der Waals surface area contributed by atoms with E-state index >= 15 is 0 Å². The molecule has 0 heterocycles. The minimum absolute atomic E-state index is 0.914. The summed E-state index contributed by atoms with van der Waals surface area (Å²) in [6.45, 7) is 2.04. The van der Waals surface area contributed by atoms with Gasteiger partial charge in [-0.3, -0.25) is 0 Å². The van der Waals surface area contributed by atoms with E-state index in [0.29, 0.717) is 0 Å². The Hall–Kier alpha value is -0.340. The van der Waals surface area contributed by atoms with Crippen LogP contribution in [0.1, 0.15) is 19.8 Å². The summed E-state index contributed by atoms with van der Waals surface area (Å²) >= 11 is 0. The Morgan fingerprint density at radius 3 is 2.50 bits per heavy atom. The highest BCUT2D eigenvalue weighted by Crippen LogP contribution is 1.88. The summed E-state index contributed by atoms with van der Waals surface area (Å²) in [5.41, 5.74) is 0. The number of aliphatic hydroxyl groups excluding tert-OH is 1. The first kappa shape index (κ1) is 7.66. The Kier molecular flexibility index (Phi) is 4.61. The zero-order chi connectivity index (χ0) is 6.41. The molecule has 0 saturated heterocycles. The lowest BCUT2D eigenvalue weighted by atomic mass is 10.3. The number of allylic oxidation sites excluding steroid dienone is 1. The summed E-state index contributed by atoms with van der Waals surface area (Å²) in [6.07, 6.45) is 3.80. The van der Waals surface area contributed by atoms with E-state index in [2.05, 4.69) is 0 Å². The molecule has 2 N–H and O–H groups in total. The zero-order valence-electron chi connectivity index (χ0n) is 5.04. The van der Waals surface area contributed by atoms with E-state index in [1.807, 2.05) is 6.92 Å². The summed E-state index contributed by atoms with van der Waals surface area (Å²) in [5, 5.41) is 16.5. The van der Waals surface area contributed by atoms with Crippen LogP contribution in [0.5, 0.6) is 0 Å². The molecule has 0 fully saturated rings. The van der Waals surface area contributed by atoms with Gasteiger partial charge in [0, 0.05) is 0 Å². The van der Waals surface area contributed by atoms with Crippen LogP contribution in [0.3, 0.4) is 0 Å². The molecule has 0 aliphatic rings. The molecule has 48 valence electrons. The Bertz CT molecular complexity index is 66.9. The van der Waals surface area contributed by atoms with Crippen LogP contribution < -0.4 is 0 Å². The molecule has 2 heteroatoms. The molecular formula is C6H12O2. The van der Waals surface area contributed by atoms with Gasteiger partial charge < -0.3 is 10.2 Å². The molecule has 0 aliphatic heterocycles. The quantitative estimate of drug-likeness (QED) is 0.420. The smallest absolute Gasteiger partial charge is 0.171 e. The predicted octanol–water partition coefficient (Wildman–Crippen LogP) is 0.653. The highest BCUT2D eigenvalue weighted by atomic mass is 16.5. The third kappa shape index (κ3) is 5.66. The van der Waals surface area contributed by atoms with Gasteiger partial charge in [-0.2, -0.15) is 0 Å². The number of unbranched alkanes of at least 4 members (excludes halogenated alkanes) is 1. The van der Waals surface area contributed by atoms with Crippen molar-refractivity contribution in [2.45, 2.75) is 26.1 Å². The van der Waals surface area contributed by atoms with Crippen LogP contribution in [0.15, 0.2) is 12.2 Å². The second kappa shape index (κ2) is 4.81. The van der Waals surface area contributed by atoms with Gasteiger partial charge in [0.1, 0.15) is 0 Å². The van der Waals surface area contributed by atoms with Gasteiger partial charge in [0.05, 0.1) is 0 Å². The van der Waals surface area contributed by atoms with Crippen LogP contribution in [0.2, 0.25) is 0 Å². The maximum absolute atomic E-state index is 8.25. The van der Waals surface area contributed by atoms with Gasteiger partial charge in [-0.05, 0) is 12.5 Å². The van der Waals surface area contributed by atoms with Crippen LogP contribution >= 0.6 is 0 Å². The van der Waals surface area contributed by atoms with Gasteiger partial charge in [0.15, 0.2) is 6.29 Å². The van der Waals surface area contributed by atoms with E-state index in [1.54, 1.807) is 6.08 Å². The molecular weight excluding hydrogens is 104 g/mol. The average Bonchev–Trinajstić information content (AvgIpc) is 1.66. The van der Waals surface area contributed by atoms with E-state index in [4.69, 9.17) is 10.2 Å². The first-order valence-corrected chi connectivity index (χ1v) is 2.80. The lowest BCUT2D eigenvalue weighted by Crippen LogP contribution is -1.96. The van der Waals surface area contributed by atoms with Crippen molar-refractivity contribution in [3.05, 3.63) is 12.2 Å². The normalized spacial score (nSPS) is 11.5. The van der Waals surface area contributed by atoms with Gasteiger partial charge in [0.2, 0.25) is 0 Å². The molecule has 2 nitrogen and oxygen atoms in total. The Balaban J connectivity index is 3.07. The van der Waals surface area contributed by atoms with Crippen molar-refractivity contribution < 1.29 is 10.2 Å². The number of hydrogen-bond acceptors (Lipinski definition) is 2. The molecule has 0 saturated carbocycles. The summed E-state index contributed by atoms with van der Waals surface area (Å²) in [6, 6.07) is 0. The molecule has 0 rings (SSSR count). The molecule has 0 amide bonds. The highest BCUT2D eigenvalue weighted by molar-refractivity contribution is 4.82. The third-order valence-corrected chi connectivity index (χ3v) is 0.764. The van der Waals surface area contributed by atoms with Gasteiger partial charge in [-0.15, -0.1) is 0 Å². The molecule has 0 bridgehead atoms. The van der Waals surface area contributed by atoms with Crippen LogP contribution in [0, 0.1) is 0 Å². The summed E-state index contributed by atoms with van der Waals surface area (Å²) in [5.74, 6) is 0. The SMILES string of the molecule is CCC/C=C/C(O)O. The molecule has 0 atom stereocenters. The minimum Gasteiger partial charge on any atom is -0.365 e. The molecule has 8 heavy (non-hydrogen) atoms. The Labute approximate surface area is 49.5 Å². The van der Waals surface area contributed by atoms with Crippen molar-refractivity contribution in [1.82, 2.24) is 0 Å². The summed E-state index contributed by atoms with van der Waals surface area (Å²) in [4.78, 5) is 0. The highest BCUT2D eigenvalue weighted by Gasteiger charge is 1.83. The lowest BCUT2D eigenvalue weighted by molar-refractivity contribution is 0.00217. The lowest BCUT2D eigenvalue weighted by Gasteiger charge is -1.90. The van der Waals surface area contributed by atoms with Gasteiger partial charge >= 0.3 is 0 Å². The second-order valence-electron chi connectivity index (χ2n) is 1.63. The average molecular weight is 116 g/mol. The Morgan fingerprint density at radius 1 is 1.50 bits per heavy atom. The molecule has 0 radical (unpaired) electrons. The maximum atomic E-state index is 8.25. The minimum atomic E-state index is -1.28. The monoisotopic (exact) mass is 116 g/mol. The van der Waals surface area contributed by atoms with E-state index in [-0.39, 0.29) is 0 Å². The fraction of sp³-hybridized carbons (Fsp3) is 0.667. The van der Waals surface area contributed by atoms with Crippen molar-refractivity contribution >= 4 is 0 Å². The van der Waals surface area contributed by atoms with E-state index in [9.17, 15) is 0 Å². The van der Waals surface area contributed by atoms with Crippen LogP contribution in [0.4, 0.5) is 0 Å². The van der Waals surface area contributed by atoms with Crippen LogP contribution in [-0.4, -0.2) is 16.5 Å². The largest absolute Gasteiger partial charge is 0.365 e. The van der Waals surface area contributed by atoms with Crippen LogP contribution in [0.25, 0.3) is 0 Å². The van der Waals surface area contributed by atoms with Crippen molar-refractivity contribution in [2.75, 3.05) is 0 Å². The fourth-order valence-corrected chi connectivity index (χ4v) is 0.385. The molecule has 0 aromatic carbocycles. The van der Waals surface area contributed by atoms with Gasteiger partial charge in [0.25, 0.3) is 0 Å². The second-order valence-corrected chi connectivity index (χ2v) is 1.63.